The number of fused-ring (bicyclic) bond motifs is 1. The highest BCUT2D eigenvalue weighted by atomic mass is 16.1. The smallest absolute Gasteiger partial charge is 0.250 e. The molecular weight excluding hydrogens is 224 g/mol. The van der Waals surface area contributed by atoms with Gasteiger partial charge in [-0.25, -0.2) is 0 Å². The lowest BCUT2D eigenvalue weighted by molar-refractivity contribution is 0.474. The highest BCUT2D eigenvalue weighted by Gasteiger charge is 2.19. The molecule has 100 valence electrons. The van der Waals surface area contributed by atoms with Crippen molar-refractivity contribution in [2.45, 2.75) is 58.5 Å². The fourth-order valence-corrected chi connectivity index (χ4v) is 2.80. The quantitative estimate of drug-likeness (QED) is 0.890. The SMILES string of the molecule is CC(C)CCCn1c2c(ccc1=O)C(N)CCC2. The van der Waals surface area contributed by atoms with Crippen LogP contribution in [0.3, 0.4) is 0 Å². The topological polar surface area (TPSA) is 48.0 Å². The molecule has 0 fully saturated rings. The van der Waals surface area contributed by atoms with Gasteiger partial charge in [-0.05, 0) is 43.6 Å². The molecule has 2 rings (SSSR count). The molecule has 1 aliphatic rings. The maximum absolute atomic E-state index is 12.0. The van der Waals surface area contributed by atoms with E-state index in [0.29, 0.717) is 5.92 Å². The van der Waals surface area contributed by atoms with Gasteiger partial charge >= 0.3 is 0 Å². The second-order valence-corrected chi connectivity index (χ2v) is 5.76. The Morgan fingerprint density at radius 1 is 1.44 bits per heavy atom. The largest absolute Gasteiger partial charge is 0.324 e. The van der Waals surface area contributed by atoms with E-state index in [4.69, 9.17) is 5.73 Å². The Morgan fingerprint density at radius 3 is 2.94 bits per heavy atom. The summed E-state index contributed by atoms with van der Waals surface area (Å²) in [6.07, 6.45) is 5.38. The lowest BCUT2D eigenvalue weighted by atomic mass is 9.91. The molecule has 1 aromatic heterocycles. The molecule has 1 aromatic rings. The lowest BCUT2D eigenvalue weighted by Crippen LogP contribution is -2.29. The third kappa shape index (κ3) is 2.83. The van der Waals surface area contributed by atoms with Crippen LogP contribution >= 0.6 is 0 Å². The average Bonchev–Trinajstić information content (AvgIpc) is 2.32. The van der Waals surface area contributed by atoms with Crippen LogP contribution in [0.5, 0.6) is 0 Å². The van der Waals surface area contributed by atoms with Crippen LogP contribution in [-0.4, -0.2) is 4.57 Å². The summed E-state index contributed by atoms with van der Waals surface area (Å²) in [6.45, 7) is 5.28. The second-order valence-electron chi connectivity index (χ2n) is 5.76. The van der Waals surface area contributed by atoms with Crippen LogP contribution in [0.15, 0.2) is 16.9 Å². The zero-order valence-corrected chi connectivity index (χ0v) is 11.5. The molecule has 0 spiro atoms. The first-order valence-corrected chi connectivity index (χ1v) is 7.08. The first-order chi connectivity index (χ1) is 8.59. The molecule has 18 heavy (non-hydrogen) atoms. The van der Waals surface area contributed by atoms with E-state index >= 15 is 0 Å². The number of pyridine rings is 1. The van der Waals surface area contributed by atoms with Crippen molar-refractivity contribution in [3.05, 3.63) is 33.7 Å². The Bertz CT molecular complexity index is 462. The Balaban J connectivity index is 2.23. The molecule has 0 aliphatic heterocycles. The van der Waals surface area contributed by atoms with Crippen molar-refractivity contribution in [2.24, 2.45) is 11.7 Å². The van der Waals surface area contributed by atoms with Crippen LogP contribution in [0.4, 0.5) is 0 Å². The summed E-state index contributed by atoms with van der Waals surface area (Å²) in [4.78, 5) is 12.0. The fourth-order valence-electron chi connectivity index (χ4n) is 2.80. The summed E-state index contributed by atoms with van der Waals surface area (Å²) in [5, 5.41) is 0. The zero-order valence-electron chi connectivity index (χ0n) is 11.5. The van der Waals surface area contributed by atoms with E-state index in [1.165, 1.54) is 17.7 Å². The van der Waals surface area contributed by atoms with Crippen LogP contribution in [0.1, 0.15) is 56.8 Å². The van der Waals surface area contributed by atoms with Gasteiger partial charge < -0.3 is 10.3 Å². The van der Waals surface area contributed by atoms with Gasteiger partial charge in [0.25, 0.3) is 5.56 Å². The van der Waals surface area contributed by atoms with Gasteiger partial charge in [-0.1, -0.05) is 19.9 Å². The number of nitrogens with zero attached hydrogens (tertiary/aromatic N) is 1. The van der Waals surface area contributed by atoms with Crippen LogP contribution in [0, 0.1) is 5.92 Å². The van der Waals surface area contributed by atoms with E-state index in [9.17, 15) is 4.79 Å². The Kier molecular flexibility index (Phi) is 4.23. The molecule has 0 radical (unpaired) electrons. The minimum absolute atomic E-state index is 0.116. The van der Waals surface area contributed by atoms with Gasteiger partial charge in [0.05, 0.1) is 0 Å². The van der Waals surface area contributed by atoms with Crippen LogP contribution in [0.25, 0.3) is 0 Å². The summed E-state index contributed by atoms with van der Waals surface area (Å²) in [5.74, 6) is 0.697. The molecule has 3 nitrogen and oxygen atoms in total. The molecule has 3 heteroatoms. The molecule has 0 aromatic carbocycles. The first-order valence-electron chi connectivity index (χ1n) is 7.08. The molecule has 0 saturated heterocycles. The van der Waals surface area contributed by atoms with Crippen LogP contribution in [-0.2, 0) is 13.0 Å². The van der Waals surface area contributed by atoms with Crippen molar-refractivity contribution in [1.29, 1.82) is 0 Å². The standard InChI is InChI=1S/C15H24N2O/c1-11(2)5-4-10-17-14-7-3-6-13(16)12(14)8-9-15(17)18/h8-9,11,13H,3-7,10,16H2,1-2H3. The van der Waals surface area contributed by atoms with E-state index in [1.54, 1.807) is 6.07 Å². The summed E-state index contributed by atoms with van der Waals surface area (Å²) in [7, 11) is 0. The van der Waals surface area contributed by atoms with Crippen molar-refractivity contribution in [2.75, 3.05) is 0 Å². The number of nitrogens with two attached hydrogens (primary N) is 1. The maximum Gasteiger partial charge on any atom is 0.250 e. The van der Waals surface area contributed by atoms with Gasteiger partial charge in [0.2, 0.25) is 0 Å². The number of rotatable bonds is 4. The van der Waals surface area contributed by atoms with E-state index in [-0.39, 0.29) is 11.6 Å². The number of hydrogen-bond donors (Lipinski definition) is 1. The van der Waals surface area contributed by atoms with Crippen molar-refractivity contribution < 1.29 is 0 Å². The van der Waals surface area contributed by atoms with Crippen molar-refractivity contribution >= 4 is 0 Å². The van der Waals surface area contributed by atoms with E-state index in [2.05, 4.69) is 13.8 Å². The molecule has 2 N–H and O–H groups in total. The first kappa shape index (κ1) is 13.3. The van der Waals surface area contributed by atoms with Crippen molar-refractivity contribution in [3.63, 3.8) is 0 Å². The predicted molar refractivity (Wildman–Crippen MR) is 74.6 cm³/mol. The number of hydrogen-bond acceptors (Lipinski definition) is 2. The molecule has 1 heterocycles. The van der Waals surface area contributed by atoms with Crippen molar-refractivity contribution in [3.8, 4) is 0 Å². The third-order valence-corrected chi connectivity index (χ3v) is 3.82. The van der Waals surface area contributed by atoms with Gasteiger partial charge in [0, 0.05) is 24.3 Å². The highest BCUT2D eigenvalue weighted by molar-refractivity contribution is 5.27. The summed E-state index contributed by atoms with van der Waals surface area (Å²) >= 11 is 0. The van der Waals surface area contributed by atoms with E-state index in [0.717, 1.165) is 32.2 Å². The van der Waals surface area contributed by atoms with Gasteiger partial charge in [-0.2, -0.15) is 0 Å². The van der Waals surface area contributed by atoms with Crippen molar-refractivity contribution in [1.82, 2.24) is 4.57 Å². The second kappa shape index (κ2) is 5.70. The van der Waals surface area contributed by atoms with Gasteiger partial charge in [-0.3, -0.25) is 4.79 Å². The zero-order chi connectivity index (χ0) is 13.1. The molecule has 0 amide bonds. The fraction of sp³-hybridized carbons (Fsp3) is 0.667. The molecule has 0 bridgehead atoms. The van der Waals surface area contributed by atoms with Crippen LogP contribution in [0.2, 0.25) is 0 Å². The van der Waals surface area contributed by atoms with Gasteiger partial charge in [0.1, 0.15) is 0 Å². The maximum atomic E-state index is 12.0. The summed E-state index contributed by atoms with van der Waals surface area (Å²) < 4.78 is 1.96. The monoisotopic (exact) mass is 248 g/mol. The highest BCUT2D eigenvalue weighted by Crippen LogP contribution is 2.26. The molecule has 0 saturated carbocycles. The Hall–Kier alpha value is -1.09. The van der Waals surface area contributed by atoms with E-state index < -0.39 is 0 Å². The molecule has 1 unspecified atom stereocenters. The van der Waals surface area contributed by atoms with Gasteiger partial charge in [0.15, 0.2) is 0 Å². The Labute approximate surface area is 109 Å². The molecule has 1 atom stereocenters. The molecule has 1 aliphatic carbocycles. The average molecular weight is 248 g/mol. The third-order valence-electron chi connectivity index (χ3n) is 3.82. The Morgan fingerprint density at radius 2 is 2.22 bits per heavy atom. The molecular formula is C15H24N2O. The summed E-state index contributed by atoms with van der Waals surface area (Å²) in [6, 6.07) is 3.73. The summed E-state index contributed by atoms with van der Waals surface area (Å²) in [5.41, 5.74) is 8.63. The minimum Gasteiger partial charge on any atom is -0.324 e. The van der Waals surface area contributed by atoms with Gasteiger partial charge in [-0.15, -0.1) is 0 Å². The van der Waals surface area contributed by atoms with Crippen LogP contribution < -0.4 is 11.3 Å². The lowest BCUT2D eigenvalue weighted by Gasteiger charge is -2.25. The van der Waals surface area contributed by atoms with E-state index in [1.807, 2.05) is 10.6 Å². The minimum atomic E-state index is 0.116. The normalized spacial score (nSPS) is 19.0. The number of aromatic nitrogens is 1. The predicted octanol–water partition coefficient (Wildman–Crippen LogP) is 2.62.